The number of hydrogen-bond donors (Lipinski definition) is 2. The van der Waals surface area contributed by atoms with E-state index in [0.717, 1.165) is 6.42 Å². The van der Waals surface area contributed by atoms with Gasteiger partial charge in [0, 0.05) is 18.8 Å². The van der Waals surface area contributed by atoms with Gasteiger partial charge in [0.1, 0.15) is 5.82 Å². The van der Waals surface area contributed by atoms with Crippen LogP contribution < -0.4 is 15.8 Å². The zero-order chi connectivity index (χ0) is 18.8. The summed E-state index contributed by atoms with van der Waals surface area (Å²) in [5.74, 6) is -0.542. The number of piperidine rings is 1. The van der Waals surface area contributed by atoms with Crippen molar-refractivity contribution in [1.82, 2.24) is 9.97 Å². The monoisotopic (exact) mass is 366 g/mol. The number of halogens is 1. The maximum Gasteiger partial charge on any atom is 0.291 e. The van der Waals surface area contributed by atoms with Crippen molar-refractivity contribution in [3.05, 3.63) is 64.7 Å². The predicted molar refractivity (Wildman–Crippen MR) is 102 cm³/mol. The van der Waals surface area contributed by atoms with Crippen molar-refractivity contribution in [3.8, 4) is 0 Å². The molecule has 0 radical (unpaired) electrons. The van der Waals surface area contributed by atoms with Crippen LogP contribution in [-0.2, 0) is 4.79 Å². The lowest BCUT2D eigenvalue weighted by Gasteiger charge is -2.32. The molecule has 138 valence electrons. The standard InChI is InChI=1S/C20H19FN4O2/c21-14-6-3-7-15(11-14)22-19(26)13-5-4-10-25(12-13)18-20(27)24-17-9-2-1-8-16(17)23-18/h1-3,6-9,11,13H,4-5,10,12H2,(H,22,26)(H,24,27). The molecule has 2 aromatic carbocycles. The maximum absolute atomic E-state index is 13.3. The molecule has 0 saturated carbocycles. The van der Waals surface area contributed by atoms with Crippen LogP contribution in [0.4, 0.5) is 15.9 Å². The van der Waals surface area contributed by atoms with E-state index >= 15 is 0 Å². The van der Waals surface area contributed by atoms with E-state index in [1.165, 1.54) is 12.1 Å². The van der Waals surface area contributed by atoms with Gasteiger partial charge in [-0.2, -0.15) is 0 Å². The summed E-state index contributed by atoms with van der Waals surface area (Å²) in [6.07, 6.45) is 1.48. The Kier molecular flexibility index (Phi) is 4.58. The molecule has 1 aromatic heterocycles. The smallest absolute Gasteiger partial charge is 0.291 e. The Morgan fingerprint density at radius 3 is 2.93 bits per heavy atom. The molecule has 4 rings (SSSR count). The minimum atomic E-state index is -0.398. The molecule has 7 heteroatoms. The molecule has 1 aliphatic heterocycles. The molecule has 1 atom stereocenters. The number of para-hydroxylation sites is 2. The van der Waals surface area contributed by atoms with Crippen LogP contribution in [0.25, 0.3) is 11.0 Å². The molecular weight excluding hydrogens is 347 g/mol. The number of benzene rings is 2. The van der Waals surface area contributed by atoms with Crippen LogP contribution >= 0.6 is 0 Å². The molecule has 6 nitrogen and oxygen atoms in total. The highest BCUT2D eigenvalue weighted by Gasteiger charge is 2.28. The normalized spacial score (nSPS) is 17.1. The molecule has 1 aliphatic rings. The fourth-order valence-corrected chi connectivity index (χ4v) is 3.43. The topological polar surface area (TPSA) is 78.1 Å². The van der Waals surface area contributed by atoms with E-state index in [-0.39, 0.29) is 17.4 Å². The van der Waals surface area contributed by atoms with Crippen molar-refractivity contribution in [2.24, 2.45) is 5.92 Å². The van der Waals surface area contributed by atoms with E-state index in [1.807, 2.05) is 23.1 Å². The second kappa shape index (κ2) is 7.19. The zero-order valence-corrected chi connectivity index (χ0v) is 14.6. The highest BCUT2D eigenvalue weighted by molar-refractivity contribution is 5.93. The number of rotatable bonds is 3. The van der Waals surface area contributed by atoms with Crippen molar-refractivity contribution in [3.63, 3.8) is 0 Å². The number of carbonyl (C=O) groups excluding carboxylic acids is 1. The number of anilines is 2. The third-order valence-electron chi connectivity index (χ3n) is 4.77. The average Bonchev–Trinajstić information content (AvgIpc) is 2.67. The van der Waals surface area contributed by atoms with Crippen molar-refractivity contribution >= 4 is 28.4 Å². The Balaban J connectivity index is 1.53. The summed E-state index contributed by atoms with van der Waals surface area (Å²) in [7, 11) is 0. The first kappa shape index (κ1) is 17.2. The second-order valence-electron chi connectivity index (χ2n) is 6.69. The van der Waals surface area contributed by atoms with Crippen molar-refractivity contribution in [2.75, 3.05) is 23.3 Å². The molecule has 1 saturated heterocycles. The number of carbonyl (C=O) groups is 1. The van der Waals surface area contributed by atoms with Gasteiger partial charge < -0.3 is 15.2 Å². The Morgan fingerprint density at radius 1 is 1.22 bits per heavy atom. The predicted octanol–water partition coefficient (Wildman–Crippen LogP) is 2.92. The van der Waals surface area contributed by atoms with Gasteiger partial charge in [0.15, 0.2) is 5.82 Å². The summed E-state index contributed by atoms with van der Waals surface area (Å²) in [6.45, 7) is 1.06. The van der Waals surface area contributed by atoms with E-state index in [9.17, 15) is 14.0 Å². The average molecular weight is 366 g/mol. The molecule has 2 N–H and O–H groups in total. The largest absolute Gasteiger partial charge is 0.351 e. The summed E-state index contributed by atoms with van der Waals surface area (Å²) in [5.41, 5.74) is 1.56. The van der Waals surface area contributed by atoms with Crippen molar-refractivity contribution in [2.45, 2.75) is 12.8 Å². The molecule has 1 fully saturated rings. The number of nitrogens with one attached hydrogen (secondary N) is 2. The van der Waals surface area contributed by atoms with E-state index < -0.39 is 5.82 Å². The quantitative estimate of drug-likeness (QED) is 0.747. The lowest BCUT2D eigenvalue weighted by Crippen LogP contribution is -2.43. The Morgan fingerprint density at radius 2 is 2.07 bits per heavy atom. The van der Waals surface area contributed by atoms with E-state index in [2.05, 4.69) is 15.3 Å². The van der Waals surface area contributed by atoms with Crippen molar-refractivity contribution < 1.29 is 9.18 Å². The zero-order valence-electron chi connectivity index (χ0n) is 14.6. The second-order valence-corrected chi connectivity index (χ2v) is 6.69. The minimum Gasteiger partial charge on any atom is -0.351 e. The number of nitrogens with zero attached hydrogens (tertiary/aromatic N) is 2. The molecule has 27 heavy (non-hydrogen) atoms. The molecule has 0 bridgehead atoms. The SMILES string of the molecule is O=C(Nc1cccc(F)c1)C1CCCN(c2nc3ccccc3[nH]c2=O)C1. The van der Waals surface area contributed by atoms with Crippen LogP contribution in [0.15, 0.2) is 53.3 Å². The van der Waals surface area contributed by atoms with Crippen LogP contribution in [0.5, 0.6) is 0 Å². The van der Waals surface area contributed by atoms with E-state index in [0.29, 0.717) is 42.0 Å². The molecule has 1 amide bonds. The van der Waals surface area contributed by atoms with Gasteiger partial charge in [-0.05, 0) is 43.2 Å². The summed E-state index contributed by atoms with van der Waals surface area (Å²) >= 11 is 0. The third-order valence-corrected chi connectivity index (χ3v) is 4.77. The van der Waals surface area contributed by atoms with Crippen LogP contribution in [-0.4, -0.2) is 29.0 Å². The number of H-pyrrole nitrogens is 1. The maximum atomic E-state index is 13.3. The Bertz CT molecular complexity index is 1050. The summed E-state index contributed by atoms with van der Waals surface area (Å²) in [5, 5.41) is 2.76. The Hall–Kier alpha value is -3.22. The van der Waals surface area contributed by atoms with Crippen LogP contribution in [0.2, 0.25) is 0 Å². The van der Waals surface area contributed by atoms with Crippen LogP contribution in [0, 0.1) is 11.7 Å². The molecule has 1 unspecified atom stereocenters. The van der Waals surface area contributed by atoms with Gasteiger partial charge in [0.25, 0.3) is 5.56 Å². The number of aromatic amines is 1. The summed E-state index contributed by atoms with van der Waals surface area (Å²) in [6, 6.07) is 13.2. The molecule has 0 spiro atoms. The molecule has 0 aliphatic carbocycles. The number of fused-ring (bicyclic) bond motifs is 1. The number of amides is 1. The highest BCUT2D eigenvalue weighted by atomic mass is 19.1. The highest BCUT2D eigenvalue weighted by Crippen LogP contribution is 2.22. The van der Waals surface area contributed by atoms with Gasteiger partial charge >= 0.3 is 0 Å². The van der Waals surface area contributed by atoms with Crippen LogP contribution in [0.3, 0.4) is 0 Å². The number of aromatic nitrogens is 2. The lowest BCUT2D eigenvalue weighted by atomic mass is 9.97. The summed E-state index contributed by atoms with van der Waals surface area (Å²) in [4.78, 5) is 34.2. The van der Waals surface area contributed by atoms with Gasteiger partial charge in [0.05, 0.1) is 17.0 Å². The first-order chi connectivity index (χ1) is 13.1. The fourth-order valence-electron chi connectivity index (χ4n) is 3.43. The van der Waals surface area contributed by atoms with E-state index in [1.54, 1.807) is 18.2 Å². The number of hydrogen-bond acceptors (Lipinski definition) is 4. The van der Waals surface area contributed by atoms with Crippen LogP contribution in [0.1, 0.15) is 12.8 Å². The fraction of sp³-hybridized carbons (Fsp3) is 0.250. The van der Waals surface area contributed by atoms with Gasteiger partial charge in [-0.25, -0.2) is 9.37 Å². The minimum absolute atomic E-state index is 0.178. The molecule has 2 heterocycles. The Labute approximate surface area is 155 Å². The third kappa shape index (κ3) is 3.67. The van der Waals surface area contributed by atoms with Gasteiger partial charge in [-0.15, -0.1) is 0 Å². The molecule has 3 aromatic rings. The van der Waals surface area contributed by atoms with Crippen molar-refractivity contribution in [1.29, 1.82) is 0 Å². The first-order valence-electron chi connectivity index (χ1n) is 8.90. The summed E-state index contributed by atoms with van der Waals surface area (Å²) < 4.78 is 13.3. The van der Waals surface area contributed by atoms with Gasteiger partial charge in [0.2, 0.25) is 5.91 Å². The lowest BCUT2D eigenvalue weighted by molar-refractivity contribution is -0.120. The molecular formula is C20H19FN4O2. The van der Waals surface area contributed by atoms with E-state index in [4.69, 9.17) is 0 Å². The van der Waals surface area contributed by atoms with Gasteiger partial charge in [-0.3, -0.25) is 9.59 Å². The van der Waals surface area contributed by atoms with Gasteiger partial charge in [-0.1, -0.05) is 18.2 Å². The first-order valence-corrected chi connectivity index (χ1v) is 8.90.